The minimum atomic E-state index is -3.51. The predicted octanol–water partition coefficient (Wildman–Crippen LogP) is 0.952. The number of aryl methyl sites for hydroxylation is 1. The minimum absolute atomic E-state index is 0.277. The van der Waals surface area contributed by atoms with Crippen LogP contribution in [0.2, 0.25) is 0 Å². The van der Waals surface area contributed by atoms with E-state index in [1.807, 2.05) is 13.0 Å². The van der Waals surface area contributed by atoms with E-state index >= 15 is 0 Å². The van der Waals surface area contributed by atoms with E-state index in [0.717, 1.165) is 11.5 Å². The van der Waals surface area contributed by atoms with Crippen molar-refractivity contribution in [3.05, 3.63) is 42.4 Å². The molecule has 1 aliphatic heterocycles. The Hall–Kier alpha value is -2.72. The van der Waals surface area contributed by atoms with Gasteiger partial charge in [-0.05, 0) is 31.2 Å². The molecule has 27 heavy (non-hydrogen) atoms. The zero-order chi connectivity index (χ0) is 19.0. The molecule has 0 saturated carbocycles. The lowest BCUT2D eigenvalue weighted by Crippen LogP contribution is -2.48. The molecule has 1 aromatic carbocycles. The number of sulfonamides is 1. The van der Waals surface area contributed by atoms with Crippen molar-refractivity contribution in [2.24, 2.45) is 0 Å². The number of benzene rings is 1. The number of aromatic nitrogens is 4. The first-order valence-electron chi connectivity index (χ1n) is 8.56. The zero-order valence-electron chi connectivity index (χ0n) is 15.1. The van der Waals surface area contributed by atoms with Crippen molar-refractivity contribution in [3.63, 3.8) is 0 Å². The third-order valence-corrected chi connectivity index (χ3v) is 6.62. The Bertz CT molecular complexity index is 1060. The molecular formula is C17H20N6O3S. The Morgan fingerprint density at radius 2 is 1.74 bits per heavy atom. The monoisotopic (exact) mass is 388 g/mol. The maximum absolute atomic E-state index is 12.8. The van der Waals surface area contributed by atoms with Crippen LogP contribution in [-0.4, -0.2) is 65.8 Å². The van der Waals surface area contributed by atoms with Gasteiger partial charge in [0.25, 0.3) is 0 Å². The van der Waals surface area contributed by atoms with Crippen LogP contribution in [0, 0.1) is 6.92 Å². The van der Waals surface area contributed by atoms with Crippen LogP contribution < -0.4 is 9.64 Å². The molecule has 9 nitrogen and oxygen atoms in total. The number of piperazine rings is 1. The van der Waals surface area contributed by atoms with Gasteiger partial charge in [-0.3, -0.25) is 0 Å². The zero-order valence-corrected chi connectivity index (χ0v) is 15.9. The molecule has 142 valence electrons. The van der Waals surface area contributed by atoms with Crippen LogP contribution in [-0.2, 0) is 10.0 Å². The molecule has 10 heteroatoms. The second-order valence-corrected chi connectivity index (χ2v) is 8.24. The van der Waals surface area contributed by atoms with Gasteiger partial charge in [0.1, 0.15) is 5.75 Å². The molecule has 0 aliphatic carbocycles. The van der Waals surface area contributed by atoms with Gasteiger partial charge in [-0.25, -0.2) is 8.42 Å². The lowest BCUT2D eigenvalue weighted by Gasteiger charge is -2.35. The number of nitrogens with zero attached hydrogens (tertiary/aromatic N) is 6. The highest BCUT2D eigenvalue weighted by Crippen LogP contribution is 2.23. The van der Waals surface area contributed by atoms with Crippen molar-refractivity contribution in [2.45, 2.75) is 11.8 Å². The predicted molar refractivity (Wildman–Crippen MR) is 99.5 cm³/mol. The number of ether oxygens (including phenoxy) is 1. The summed E-state index contributed by atoms with van der Waals surface area (Å²) in [5.74, 6) is 1.36. The van der Waals surface area contributed by atoms with Gasteiger partial charge in [-0.2, -0.15) is 13.9 Å². The van der Waals surface area contributed by atoms with E-state index in [9.17, 15) is 8.42 Å². The topological polar surface area (TPSA) is 92.9 Å². The second kappa shape index (κ2) is 6.78. The Morgan fingerprint density at radius 1 is 1.04 bits per heavy atom. The van der Waals surface area contributed by atoms with Crippen molar-refractivity contribution in [1.82, 2.24) is 24.1 Å². The van der Waals surface area contributed by atoms with Crippen LogP contribution in [0.15, 0.2) is 41.4 Å². The quantitative estimate of drug-likeness (QED) is 0.657. The maximum Gasteiger partial charge on any atom is 0.243 e. The first kappa shape index (κ1) is 17.7. The van der Waals surface area contributed by atoms with Gasteiger partial charge in [0, 0.05) is 32.2 Å². The highest BCUT2D eigenvalue weighted by molar-refractivity contribution is 7.89. The third kappa shape index (κ3) is 3.21. The second-order valence-electron chi connectivity index (χ2n) is 6.30. The summed E-state index contributed by atoms with van der Waals surface area (Å²) in [6.45, 7) is 3.83. The summed E-state index contributed by atoms with van der Waals surface area (Å²) in [6.07, 6.45) is 1.76. The molecular weight excluding hydrogens is 368 g/mol. The van der Waals surface area contributed by atoms with Gasteiger partial charge >= 0.3 is 0 Å². The SMILES string of the molecule is COc1ccc(S(=O)(=O)N2CCN(c3cnn4c(C)nnc4c3)CC2)cc1. The fraction of sp³-hybridized carbons (Fsp3) is 0.353. The lowest BCUT2D eigenvalue weighted by atomic mass is 10.3. The van der Waals surface area contributed by atoms with Gasteiger partial charge in [0.05, 0.1) is 23.9 Å². The average molecular weight is 388 g/mol. The van der Waals surface area contributed by atoms with Crippen LogP contribution in [0.1, 0.15) is 5.82 Å². The van der Waals surface area contributed by atoms with Crippen molar-refractivity contribution in [3.8, 4) is 5.75 Å². The van der Waals surface area contributed by atoms with Crippen LogP contribution in [0.4, 0.5) is 5.69 Å². The van der Waals surface area contributed by atoms with Gasteiger partial charge in [0.15, 0.2) is 11.5 Å². The van der Waals surface area contributed by atoms with Gasteiger partial charge < -0.3 is 9.64 Å². The van der Waals surface area contributed by atoms with Crippen LogP contribution in [0.25, 0.3) is 5.65 Å². The van der Waals surface area contributed by atoms with E-state index in [1.54, 1.807) is 42.1 Å². The number of hydrogen-bond donors (Lipinski definition) is 0. The molecule has 1 aliphatic rings. The van der Waals surface area contributed by atoms with E-state index in [2.05, 4.69) is 20.2 Å². The smallest absolute Gasteiger partial charge is 0.243 e. The molecule has 3 heterocycles. The maximum atomic E-state index is 12.8. The molecule has 1 saturated heterocycles. The molecule has 4 rings (SSSR count). The van der Waals surface area contributed by atoms with Gasteiger partial charge in [-0.15, -0.1) is 10.2 Å². The summed E-state index contributed by atoms with van der Waals surface area (Å²) in [5, 5.41) is 12.5. The summed E-state index contributed by atoms with van der Waals surface area (Å²) in [6, 6.07) is 8.38. The molecule has 0 amide bonds. The number of fused-ring (bicyclic) bond motifs is 1. The Labute approximate surface area is 157 Å². The highest BCUT2D eigenvalue weighted by Gasteiger charge is 2.28. The molecule has 0 unspecified atom stereocenters. The third-order valence-electron chi connectivity index (χ3n) is 4.70. The van der Waals surface area contributed by atoms with Crippen LogP contribution >= 0.6 is 0 Å². The fourth-order valence-electron chi connectivity index (χ4n) is 3.15. The first-order chi connectivity index (χ1) is 13.0. The number of rotatable bonds is 4. The van der Waals surface area contributed by atoms with Crippen molar-refractivity contribution >= 4 is 21.4 Å². The Balaban J connectivity index is 1.48. The molecule has 0 atom stereocenters. The molecule has 3 aromatic rings. The molecule has 0 N–H and O–H groups in total. The van der Waals surface area contributed by atoms with Crippen LogP contribution in [0.3, 0.4) is 0 Å². The summed E-state index contributed by atoms with van der Waals surface area (Å²) in [4.78, 5) is 2.38. The summed E-state index contributed by atoms with van der Waals surface area (Å²) < 4.78 is 34.0. The molecule has 0 bridgehead atoms. The number of anilines is 1. The molecule has 0 spiro atoms. The largest absolute Gasteiger partial charge is 0.497 e. The first-order valence-corrected chi connectivity index (χ1v) is 10.0. The summed E-state index contributed by atoms with van der Waals surface area (Å²) in [7, 11) is -1.96. The van der Waals surface area contributed by atoms with Gasteiger partial charge in [0.2, 0.25) is 10.0 Å². The molecule has 1 fully saturated rings. The normalized spacial score (nSPS) is 16.0. The van der Waals surface area contributed by atoms with Crippen molar-refractivity contribution < 1.29 is 13.2 Å². The van der Waals surface area contributed by atoms with E-state index in [0.29, 0.717) is 37.6 Å². The number of hydrogen-bond acceptors (Lipinski definition) is 7. The summed E-state index contributed by atoms with van der Waals surface area (Å²) >= 11 is 0. The molecule has 0 radical (unpaired) electrons. The van der Waals surface area contributed by atoms with Crippen molar-refractivity contribution in [1.29, 1.82) is 0 Å². The fourth-order valence-corrected chi connectivity index (χ4v) is 4.57. The van der Waals surface area contributed by atoms with E-state index in [1.165, 1.54) is 4.31 Å². The standard InChI is InChI=1S/C17H20N6O3S/c1-13-19-20-17-11-14(12-18-23(13)17)21-7-9-22(10-8-21)27(24,25)16-5-3-15(26-2)4-6-16/h3-6,11-12H,7-10H2,1-2H3. The van der Waals surface area contributed by atoms with Crippen molar-refractivity contribution in [2.75, 3.05) is 38.2 Å². The molecule has 2 aromatic heterocycles. The van der Waals surface area contributed by atoms with E-state index in [4.69, 9.17) is 4.74 Å². The number of methoxy groups -OCH3 is 1. The highest BCUT2D eigenvalue weighted by atomic mass is 32.2. The lowest BCUT2D eigenvalue weighted by molar-refractivity contribution is 0.384. The van der Waals surface area contributed by atoms with Gasteiger partial charge in [-0.1, -0.05) is 0 Å². The Morgan fingerprint density at radius 3 is 2.41 bits per heavy atom. The van der Waals surface area contributed by atoms with E-state index < -0.39 is 10.0 Å². The summed E-state index contributed by atoms with van der Waals surface area (Å²) in [5.41, 5.74) is 1.59. The minimum Gasteiger partial charge on any atom is -0.497 e. The average Bonchev–Trinajstić information content (AvgIpc) is 3.08. The Kier molecular flexibility index (Phi) is 4.44. The van der Waals surface area contributed by atoms with E-state index in [-0.39, 0.29) is 4.90 Å². The van der Waals surface area contributed by atoms with Crippen LogP contribution in [0.5, 0.6) is 5.75 Å².